The van der Waals surface area contributed by atoms with Crippen molar-refractivity contribution in [1.29, 1.82) is 0 Å². The molecule has 1 nitrogen and oxygen atoms in total. The van der Waals surface area contributed by atoms with Crippen LogP contribution in [-0.2, 0) is 6.42 Å². The molecule has 0 amide bonds. The third-order valence-corrected chi connectivity index (χ3v) is 3.11. The minimum absolute atomic E-state index is 0.543. The van der Waals surface area contributed by atoms with Gasteiger partial charge in [-0.25, -0.2) is 0 Å². The van der Waals surface area contributed by atoms with Crippen molar-refractivity contribution in [2.24, 2.45) is 0 Å². The van der Waals surface area contributed by atoms with Crippen molar-refractivity contribution in [3.8, 4) is 0 Å². The second kappa shape index (κ2) is 7.45. The van der Waals surface area contributed by atoms with E-state index in [0.29, 0.717) is 6.04 Å². The first-order chi connectivity index (χ1) is 7.83. The Bertz CT molecular complexity index is 293. The summed E-state index contributed by atoms with van der Waals surface area (Å²) in [6, 6.07) is 9.38. The van der Waals surface area contributed by atoms with Gasteiger partial charge in [0.1, 0.15) is 0 Å². The fraction of sp³-hybridized carbons (Fsp3) is 0.600. The number of aryl methyl sites for hydroxylation is 1. The molecule has 1 aromatic rings. The molecule has 0 spiro atoms. The van der Waals surface area contributed by atoms with Gasteiger partial charge in [-0.3, -0.25) is 0 Å². The lowest BCUT2D eigenvalue weighted by molar-refractivity contribution is 0.492. The van der Waals surface area contributed by atoms with Gasteiger partial charge in [-0.2, -0.15) is 0 Å². The van der Waals surface area contributed by atoms with Gasteiger partial charge in [-0.1, -0.05) is 57.9 Å². The molecule has 1 aromatic carbocycles. The third kappa shape index (κ3) is 3.64. The minimum Gasteiger partial charge on any atom is -0.310 e. The van der Waals surface area contributed by atoms with Crippen LogP contribution >= 0.6 is 0 Å². The molecule has 1 rings (SSSR count). The Balaban J connectivity index is 2.81. The Morgan fingerprint density at radius 1 is 1.12 bits per heavy atom. The average Bonchev–Trinajstić information content (AvgIpc) is 2.34. The molecule has 0 aliphatic rings. The first-order valence-electron chi connectivity index (χ1n) is 6.64. The molecular formula is C15H25N. The highest BCUT2D eigenvalue weighted by molar-refractivity contribution is 5.30. The number of benzene rings is 1. The number of hydrogen-bond donors (Lipinski definition) is 1. The highest BCUT2D eigenvalue weighted by Gasteiger charge is 2.12. The zero-order valence-electron chi connectivity index (χ0n) is 10.9. The summed E-state index contributed by atoms with van der Waals surface area (Å²) in [5.41, 5.74) is 2.99. The van der Waals surface area contributed by atoms with E-state index >= 15 is 0 Å². The quantitative estimate of drug-likeness (QED) is 0.728. The van der Waals surface area contributed by atoms with E-state index < -0.39 is 0 Å². The van der Waals surface area contributed by atoms with E-state index in [2.05, 4.69) is 50.4 Å². The maximum atomic E-state index is 3.61. The summed E-state index contributed by atoms with van der Waals surface area (Å²) in [6.07, 6.45) is 4.96. The summed E-state index contributed by atoms with van der Waals surface area (Å²) in [5, 5.41) is 3.61. The molecule has 0 aliphatic heterocycles. The largest absolute Gasteiger partial charge is 0.310 e. The molecule has 90 valence electrons. The van der Waals surface area contributed by atoms with Crippen LogP contribution in [0.15, 0.2) is 24.3 Å². The van der Waals surface area contributed by atoms with Crippen molar-refractivity contribution in [3.63, 3.8) is 0 Å². The second-order valence-electron chi connectivity index (χ2n) is 4.30. The number of unbranched alkanes of at least 4 members (excludes halogenated alkanes) is 1. The fourth-order valence-corrected chi connectivity index (χ4v) is 2.22. The lowest BCUT2D eigenvalue weighted by Crippen LogP contribution is -2.22. The van der Waals surface area contributed by atoms with Crippen LogP contribution in [0.4, 0.5) is 0 Å². The van der Waals surface area contributed by atoms with Gasteiger partial charge in [0, 0.05) is 6.04 Å². The summed E-state index contributed by atoms with van der Waals surface area (Å²) in [7, 11) is 0. The predicted molar refractivity (Wildman–Crippen MR) is 71.8 cm³/mol. The molecule has 0 radical (unpaired) electrons. The van der Waals surface area contributed by atoms with Gasteiger partial charge in [0.05, 0.1) is 0 Å². The Kier molecular flexibility index (Phi) is 6.17. The molecule has 1 atom stereocenters. The Labute approximate surface area is 100 Å². The van der Waals surface area contributed by atoms with Gasteiger partial charge >= 0.3 is 0 Å². The number of nitrogens with one attached hydrogen (secondary N) is 1. The number of hydrogen-bond acceptors (Lipinski definition) is 1. The second-order valence-corrected chi connectivity index (χ2v) is 4.30. The molecule has 0 fully saturated rings. The molecular weight excluding hydrogens is 194 g/mol. The fourth-order valence-electron chi connectivity index (χ4n) is 2.22. The Hall–Kier alpha value is -0.820. The molecule has 0 aromatic heterocycles. The molecule has 0 saturated heterocycles. The first kappa shape index (κ1) is 13.2. The van der Waals surface area contributed by atoms with Gasteiger partial charge in [0.15, 0.2) is 0 Å². The van der Waals surface area contributed by atoms with E-state index in [4.69, 9.17) is 0 Å². The van der Waals surface area contributed by atoms with Crippen molar-refractivity contribution in [2.45, 2.75) is 52.5 Å². The van der Waals surface area contributed by atoms with E-state index in [1.165, 1.54) is 30.4 Å². The highest BCUT2D eigenvalue weighted by Crippen LogP contribution is 2.23. The van der Waals surface area contributed by atoms with Crippen LogP contribution in [0.2, 0.25) is 0 Å². The lowest BCUT2D eigenvalue weighted by Gasteiger charge is -2.21. The zero-order valence-corrected chi connectivity index (χ0v) is 10.9. The lowest BCUT2D eigenvalue weighted by atomic mass is 9.95. The monoisotopic (exact) mass is 219 g/mol. The van der Waals surface area contributed by atoms with Gasteiger partial charge in [0.25, 0.3) is 0 Å². The summed E-state index contributed by atoms with van der Waals surface area (Å²) in [6.45, 7) is 7.73. The van der Waals surface area contributed by atoms with Gasteiger partial charge in [0.2, 0.25) is 0 Å². The summed E-state index contributed by atoms with van der Waals surface area (Å²) < 4.78 is 0. The SMILES string of the molecule is CCCCC(NCC)c1ccccc1CC. The molecule has 1 unspecified atom stereocenters. The first-order valence-corrected chi connectivity index (χ1v) is 6.64. The molecule has 0 heterocycles. The van der Waals surface area contributed by atoms with Crippen molar-refractivity contribution < 1.29 is 0 Å². The summed E-state index contributed by atoms with van der Waals surface area (Å²) in [4.78, 5) is 0. The van der Waals surface area contributed by atoms with Gasteiger partial charge in [-0.05, 0) is 30.5 Å². The topological polar surface area (TPSA) is 12.0 Å². The van der Waals surface area contributed by atoms with Crippen molar-refractivity contribution in [3.05, 3.63) is 35.4 Å². The molecule has 1 heteroatoms. The van der Waals surface area contributed by atoms with Gasteiger partial charge < -0.3 is 5.32 Å². The van der Waals surface area contributed by atoms with Crippen LogP contribution in [0.1, 0.15) is 57.2 Å². The highest BCUT2D eigenvalue weighted by atomic mass is 14.9. The van der Waals surface area contributed by atoms with Crippen LogP contribution in [0.3, 0.4) is 0 Å². The van der Waals surface area contributed by atoms with E-state index in [0.717, 1.165) is 13.0 Å². The summed E-state index contributed by atoms with van der Waals surface area (Å²) in [5.74, 6) is 0. The third-order valence-electron chi connectivity index (χ3n) is 3.11. The van der Waals surface area contributed by atoms with Crippen molar-refractivity contribution >= 4 is 0 Å². The minimum atomic E-state index is 0.543. The maximum Gasteiger partial charge on any atom is 0.0322 e. The normalized spacial score (nSPS) is 12.7. The van der Waals surface area contributed by atoms with E-state index in [-0.39, 0.29) is 0 Å². The predicted octanol–water partition coefficient (Wildman–Crippen LogP) is 4.09. The van der Waals surface area contributed by atoms with E-state index in [9.17, 15) is 0 Å². The summed E-state index contributed by atoms with van der Waals surface area (Å²) >= 11 is 0. The van der Waals surface area contributed by atoms with Crippen molar-refractivity contribution in [1.82, 2.24) is 5.32 Å². The smallest absolute Gasteiger partial charge is 0.0322 e. The van der Waals surface area contributed by atoms with Crippen LogP contribution in [-0.4, -0.2) is 6.54 Å². The van der Waals surface area contributed by atoms with Crippen LogP contribution in [0.25, 0.3) is 0 Å². The van der Waals surface area contributed by atoms with E-state index in [1.54, 1.807) is 0 Å². The molecule has 0 aliphatic carbocycles. The Morgan fingerprint density at radius 2 is 1.88 bits per heavy atom. The van der Waals surface area contributed by atoms with Crippen LogP contribution < -0.4 is 5.32 Å². The van der Waals surface area contributed by atoms with Gasteiger partial charge in [-0.15, -0.1) is 0 Å². The standard InChI is InChI=1S/C15H25N/c1-4-7-12-15(16-6-3)14-11-9-8-10-13(14)5-2/h8-11,15-16H,4-7,12H2,1-3H3. The maximum absolute atomic E-state index is 3.61. The Morgan fingerprint density at radius 3 is 2.50 bits per heavy atom. The van der Waals surface area contributed by atoms with Crippen LogP contribution in [0, 0.1) is 0 Å². The van der Waals surface area contributed by atoms with Crippen molar-refractivity contribution in [2.75, 3.05) is 6.54 Å². The molecule has 0 saturated carbocycles. The molecule has 1 N–H and O–H groups in total. The average molecular weight is 219 g/mol. The zero-order chi connectivity index (χ0) is 11.8. The van der Waals surface area contributed by atoms with Crippen LogP contribution in [0.5, 0.6) is 0 Å². The molecule has 16 heavy (non-hydrogen) atoms. The number of rotatable bonds is 7. The van der Waals surface area contributed by atoms with E-state index in [1.807, 2.05) is 0 Å². The molecule has 0 bridgehead atoms.